The molecule has 1 aromatic carbocycles. The normalized spacial score (nSPS) is 15.0. The van der Waals surface area contributed by atoms with Gasteiger partial charge in [0.15, 0.2) is 5.16 Å². The fraction of sp³-hybridized carbons (Fsp3) is 0.400. The summed E-state index contributed by atoms with van der Waals surface area (Å²) in [5.74, 6) is 1.25. The number of aryl methyl sites for hydroxylation is 1. The molecule has 4 rings (SSSR count). The van der Waals surface area contributed by atoms with Crippen LogP contribution in [0.5, 0.6) is 0 Å². The number of para-hydroxylation sites is 1. The fourth-order valence-corrected chi connectivity index (χ4v) is 4.30. The predicted octanol–water partition coefficient (Wildman–Crippen LogP) is 3.89. The Labute approximate surface area is 168 Å². The van der Waals surface area contributed by atoms with Gasteiger partial charge in [-0.2, -0.15) is 0 Å². The Kier molecular flexibility index (Phi) is 5.47. The van der Waals surface area contributed by atoms with Crippen LogP contribution in [0.1, 0.15) is 42.6 Å². The number of carbonyl (C=O) groups is 1. The van der Waals surface area contributed by atoms with Crippen LogP contribution in [0.2, 0.25) is 0 Å². The number of benzene rings is 1. The first-order valence-corrected chi connectivity index (χ1v) is 10.6. The highest BCUT2D eigenvalue weighted by Gasteiger charge is 2.17. The minimum atomic E-state index is -0.141. The number of aromatic nitrogens is 4. The lowest BCUT2D eigenvalue weighted by molar-refractivity contribution is 0.0924. The third-order valence-electron chi connectivity index (χ3n) is 5.00. The van der Waals surface area contributed by atoms with E-state index in [9.17, 15) is 4.79 Å². The zero-order valence-electron chi connectivity index (χ0n) is 15.9. The summed E-state index contributed by atoms with van der Waals surface area (Å²) in [5.41, 5.74) is 7.28. The Bertz CT molecular complexity index is 996. The summed E-state index contributed by atoms with van der Waals surface area (Å²) in [6, 6.07) is 10.1. The van der Waals surface area contributed by atoms with Crippen LogP contribution in [0.25, 0.3) is 10.9 Å². The molecule has 1 aliphatic carbocycles. The lowest BCUT2D eigenvalue weighted by Gasteiger charge is -2.24. The number of nitrogens with one attached hydrogen (secondary N) is 1. The molecule has 3 N–H and O–H groups in total. The molecule has 3 aromatic rings. The van der Waals surface area contributed by atoms with Gasteiger partial charge in [0.25, 0.3) is 5.91 Å². The highest BCUT2D eigenvalue weighted by molar-refractivity contribution is 7.99. The standard InChI is InChI=1S/C20H24N6OS/c1-13-11-17(21)25-26(13)18(27)12-28-20-23-16-10-6-5-9-15(16)19(24-20)22-14-7-3-2-4-8-14/h5-6,9-11,14H,2-4,7-8,12H2,1H3,(H2,21,25)(H,22,23,24). The van der Waals surface area contributed by atoms with Gasteiger partial charge in [-0.3, -0.25) is 4.79 Å². The number of nitrogen functional groups attached to an aromatic ring is 1. The Balaban J connectivity index is 1.55. The molecule has 2 aromatic heterocycles. The Morgan fingerprint density at radius 2 is 2.04 bits per heavy atom. The molecule has 0 spiro atoms. The van der Waals surface area contributed by atoms with Gasteiger partial charge in [-0.25, -0.2) is 14.6 Å². The van der Waals surface area contributed by atoms with Gasteiger partial charge in [0, 0.05) is 23.2 Å². The van der Waals surface area contributed by atoms with E-state index in [0.29, 0.717) is 17.0 Å². The minimum Gasteiger partial charge on any atom is -0.382 e. The molecule has 0 saturated heterocycles. The Morgan fingerprint density at radius 3 is 2.79 bits per heavy atom. The first-order valence-electron chi connectivity index (χ1n) is 9.61. The number of fused-ring (bicyclic) bond motifs is 1. The van der Waals surface area contributed by atoms with Crippen molar-refractivity contribution in [2.75, 3.05) is 16.8 Å². The molecule has 0 aliphatic heterocycles. The van der Waals surface area contributed by atoms with E-state index in [1.165, 1.54) is 48.5 Å². The van der Waals surface area contributed by atoms with Crippen molar-refractivity contribution >= 4 is 40.2 Å². The molecular weight excluding hydrogens is 372 g/mol. The van der Waals surface area contributed by atoms with Crippen molar-refractivity contribution in [1.29, 1.82) is 0 Å². The number of hydrogen-bond acceptors (Lipinski definition) is 7. The number of rotatable bonds is 5. The summed E-state index contributed by atoms with van der Waals surface area (Å²) in [5, 5.41) is 9.26. The van der Waals surface area contributed by atoms with Crippen LogP contribution in [-0.4, -0.2) is 37.5 Å². The molecular formula is C20H24N6OS. The van der Waals surface area contributed by atoms with Crippen molar-refractivity contribution in [3.05, 3.63) is 36.0 Å². The summed E-state index contributed by atoms with van der Waals surface area (Å²) in [6.07, 6.45) is 6.15. The summed E-state index contributed by atoms with van der Waals surface area (Å²) < 4.78 is 1.34. The van der Waals surface area contributed by atoms with Gasteiger partial charge in [-0.1, -0.05) is 43.2 Å². The second-order valence-corrected chi connectivity index (χ2v) is 8.10. The number of hydrogen-bond donors (Lipinski definition) is 2. The lowest BCUT2D eigenvalue weighted by atomic mass is 9.95. The molecule has 0 unspecified atom stereocenters. The van der Waals surface area contributed by atoms with Crippen LogP contribution in [0.3, 0.4) is 0 Å². The molecule has 0 atom stereocenters. The van der Waals surface area contributed by atoms with Crippen molar-refractivity contribution in [2.24, 2.45) is 0 Å². The number of anilines is 2. The van der Waals surface area contributed by atoms with Crippen molar-refractivity contribution < 1.29 is 4.79 Å². The maximum atomic E-state index is 12.5. The molecule has 2 heterocycles. The molecule has 1 aliphatic rings. The third kappa shape index (κ3) is 4.11. The van der Waals surface area contributed by atoms with Gasteiger partial charge < -0.3 is 11.1 Å². The predicted molar refractivity (Wildman–Crippen MR) is 113 cm³/mol. The lowest BCUT2D eigenvalue weighted by Crippen LogP contribution is -2.23. The van der Waals surface area contributed by atoms with Gasteiger partial charge >= 0.3 is 0 Å². The zero-order valence-corrected chi connectivity index (χ0v) is 16.7. The first-order chi connectivity index (χ1) is 13.6. The SMILES string of the molecule is Cc1cc(N)nn1C(=O)CSc1nc(NC2CCCCC2)c2ccccc2n1. The quantitative estimate of drug-likeness (QED) is 0.498. The fourth-order valence-electron chi connectivity index (χ4n) is 3.61. The second kappa shape index (κ2) is 8.18. The largest absolute Gasteiger partial charge is 0.382 e. The van der Waals surface area contributed by atoms with Crippen LogP contribution in [0, 0.1) is 6.92 Å². The monoisotopic (exact) mass is 396 g/mol. The van der Waals surface area contributed by atoms with E-state index in [1.54, 1.807) is 6.07 Å². The highest BCUT2D eigenvalue weighted by atomic mass is 32.2. The van der Waals surface area contributed by atoms with E-state index in [1.807, 2.05) is 31.2 Å². The third-order valence-corrected chi connectivity index (χ3v) is 5.83. The van der Waals surface area contributed by atoms with Gasteiger partial charge in [-0.05, 0) is 31.9 Å². The van der Waals surface area contributed by atoms with E-state index in [4.69, 9.17) is 10.7 Å². The second-order valence-electron chi connectivity index (χ2n) is 7.16. The molecule has 0 amide bonds. The summed E-state index contributed by atoms with van der Waals surface area (Å²) in [7, 11) is 0. The van der Waals surface area contributed by atoms with Gasteiger partial charge in [-0.15, -0.1) is 5.10 Å². The summed E-state index contributed by atoms with van der Waals surface area (Å²) in [6.45, 7) is 1.81. The average molecular weight is 397 g/mol. The van der Waals surface area contributed by atoms with Crippen LogP contribution < -0.4 is 11.1 Å². The highest BCUT2D eigenvalue weighted by Crippen LogP contribution is 2.28. The van der Waals surface area contributed by atoms with Crippen LogP contribution in [0.4, 0.5) is 11.6 Å². The number of nitrogens with zero attached hydrogens (tertiary/aromatic N) is 4. The van der Waals surface area contributed by atoms with E-state index in [-0.39, 0.29) is 11.7 Å². The topological polar surface area (TPSA) is 98.7 Å². The van der Waals surface area contributed by atoms with E-state index in [2.05, 4.69) is 15.4 Å². The van der Waals surface area contributed by atoms with Crippen LogP contribution in [0.15, 0.2) is 35.5 Å². The van der Waals surface area contributed by atoms with Gasteiger partial charge in [0.1, 0.15) is 11.6 Å². The molecule has 0 bridgehead atoms. The average Bonchev–Trinajstić information content (AvgIpc) is 3.05. The van der Waals surface area contributed by atoms with Crippen LogP contribution in [-0.2, 0) is 0 Å². The van der Waals surface area contributed by atoms with Gasteiger partial charge in [0.05, 0.1) is 11.3 Å². The molecule has 7 nitrogen and oxygen atoms in total. The molecule has 1 fully saturated rings. The Morgan fingerprint density at radius 1 is 1.25 bits per heavy atom. The van der Waals surface area contributed by atoms with Crippen molar-refractivity contribution in [1.82, 2.24) is 19.7 Å². The minimum absolute atomic E-state index is 0.141. The summed E-state index contributed by atoms with van der Waals surface area (Å²) in [4.78, 5) is 21.8. The van der Waals surface area contributed by atoms with E-state index < -0.39 is 0 Å². The molecule has 28 heavy (non-hydrogen) atoms. The zero-order chi connectivity index (χ0) is 19.5. The van der Waals surface area contributed by atoms with Crippen molar-refractivity contribution in [3.8, 4) is 0 Å². The van der Waals surface area contributed by atoms with Crippen LogP contribution >= 0.6 is 11.8 Å². The maximum Gasteiger partial charge on any atom is 0.257 e. The number of thioether (sulfide) groups is 1. The number of carbonyl (C=O) groups excluding carboxylic acids is 1. The number of nitrogens with two attached hydrogens (primary N) is 1. The molecule has 146 valence electrons. The maximum absolute atomic E-state index is 12.5. The van der Waals surface area contributed by atoms with Gasteiger partial charge in [0.2, 0.25) is 0 Å². The molecule has 0 radical (unpaired) electrons. The Hall–Kier alpha value is -2.61. The van der Waals surface area contributed by atoms with E-state index in [0.717, 1.165) is 22.4 Å². The summed E-state index contributed by atoms with van der Waals surface area (Å²) >= 11 is 1.32. The van der Waals surface area contributed by atoms with Crippen molar-refractivity contribution in [3.63, 3.8) is 0 Å². The van der Waals surface area contributed by atoms with E-state index >= 15 is 0 Å². The van der Waals surface area contributed by atoms with Crippen molar-refractivity contribution in [2.45, 2.75) is 50.2 Å². The molecule has 1 saturated carbocycles. The first kappa shape index (κ1) is 18.7. The smallest absolute Gasteiger partial charge is 0.257 e. The molecule has 8 heteroatoms.